The maximum absolute atomic E-state index is 13.0. The number of fused-ring (bicyclic) bond motifs is 2. The van der Waals surface area contributed by atoms with Gasteiger partial charge in [0.15, 0.2) is 0 Å². The molecule has 0 spiro atoms. The summed E-state index contributed by atoms with van der Waals surface area (Å²) < 4.78 is 0. The fourth-order valence-corrected chi connectivity index (χ4v) is 4.87. The topological polar surface area (TPSA) is 49.3 Å². The molecule has 0 saturated heterocycles. The zero-order valence-corrected chi connectivity index (χ0v) is 14.8. The molecule has 3 nitrogen and oxygen atoms in total. The number of rotatable bonds is 2. The number of halogens is 1. The van der Waals surface area contributed by atoms with Gasteiger partial charge in [0.2, 0.25) is 5.78 Å². The van der Waals surface area contributed by atoms with Crippen LogP contribution in [0.5, 0.6) is 5.75 Å². The molecule has 1 aromatic heterocycles. The number of phenols is 1. The van der Waals surface area contributed by atoms with E-state index >= 15 is 0 Å². The Bertz CT molecular complexity index is 952. The lowest BCUT2D eigenvalue weighted by molar-refractivity contribution is 0.104. The number of nitrogens with one attached hydrogen (secondary N) is 1. The van der Waals surface area contributed by atoms with E-state index < -0.39 is 0 Å². The number of aromatic hydroxyl groups is 1. The molecule has 1 aliphatic rings. The second-order valence-corrected chi connectivity index (χ2v) is 7.73. The van der Waals surface area contributed by atoms with Crippen LogP contribution in [0, 0.1) is 0 Å². The summed E-state index contributed by atoms with van der Waals surface area (Å²) in [5, 5.41) is 15.7. The lowest BCUT2D eigenvalue weighted by Gasteiger charge is -2.14. The van der Waals surface area contributed by atoms with Crippen LogP contribution in [-0.4, -0.2) is 10.9 Å². The number of anilines is 2. The van der Waals surface area contributed by atoms with Gasteiger partial charge in [-0.2, -0.15) is 0 Å². The number of thiophene rings is 1. The molecule has 0 amide bonds. The van der Waals surface area contributed by atoms with E-state index in [1.807, 2.05) is 29.6 Å². The van der Waals surface area contributed by atoms with Crippen LogP contribution >= 0.6 is 34.7 Å². The van der Waals surface area contributed by atoms with Gasteiger partial charge in [0.1, 0.15) is 5.75 Å². The molecule has 0 unspecified atom stereocenters. The molecule has 0 aliphatic carbocycles. The molecule has 0 bridgehead atoms. The van der Waals surface area contributed by atoms with Gasteiger partial charge >= 0.3 is 0 Å². The lowest BCUT2D eigenvalue weighted by Crippen LogP contribution is -2.05. The first-order chi connectivity index (χ1) is 11.6. The molecule has 1 aliphatic heterocycles. The van der Waals surface area contributed by atoms with Crippen LogP contribution in [0.1, 0.15) is 20.8 Å². The monoisotopic (exact) mass is 373 g/mol. The third-order valence-electron chi connectivity index (χ3n) is 3.82. The van der Waals surface area contributed by atoms with Crippen LogP contribution in [0.4, 0.5) is 11.4 Å². The summed E-state index contributed by atoms with van der Waals surface area (Å²) in [6.45, 7) is 0. The molecular weight excluding hydrogens is 362 g/mol. The van der Waals surface area contributed by atoms with Gasteiger partial charge in [0.05, 0.1) is 21.8 Å². The van der Waals surface area contributed by atoms with Crippen molar-refractivity contribution in [3.05, 3.63) is 68.9 Å². The number of phenolic OH excluding ortho intramolecular Hbond substituents is 1. The van der Waals surface area contributed by atoms with Crippen molar-refractivity contribution in [1.82, 2.24) is 0 Å². The van der Waals surface area contributed by atoms with Crippen molar-refractivity contribution in [2.24, 2.45) is 0 Å². The Morgan fingerprint density at radius 2 is 2.00 bits per heavy atom. The first-order valence-corrected chi connectivity index (χ1v) is 9.50. The first kappa shape index (κ1) is 15.6. The van der Waals surface area contributed by atoms with E-state index in [-0.39, 0.29) is 11.5 Å². The zero-order valence-electron chi connectivity index (χ0n) is 12.4. The molecule has 0 atom stereocenters. The fraction of sp³-hybridized carbons (Fsp3) is 0.0556. The van der Waals surface area contributed by atoms with E-state index in [9.17, 15) is 9.90 Å². The van der Waals surface area contributed by atoms with Crippen molar-refractivity contribution in [3.63, 3.8) is 0 Å². The lowest BCUT2D eigenvalue weighted by atomic mass is 10.0. The highest BCUT2D eigenvalue weighted by atomic mass is 35.5. The first-order valence-electron chi connectivity index (χ1n) is 7.26. The van der Waals surface area contributed by atoms with Gasteiger partial charge in [-0.1, -0.05) is 17.7 Å². The van der Waals surface area contributed by atoms with Crippen LogP contribution in [0.25, 0.3) is 0 Å². The van der Waals surface area contributed by atoms with Crippen LogP contribution in [-0.2, 0) is 5.75 Å². The third kappa shape index (κ3) is 2.69. The molecule has 0 radical (unpaired) electrons. The van der Waals surface area contributed by atoms with E-state index in [4.69, 9.17) is 11.6 Å². The Morgan fingerprint density at radius 3 is 2.88 bits per heavy atom. The van der Waals surface area contributed by atoms with Gasteiger partial charge in [-0.3, -0.25) is 4.79 Å². The highest BCUT2D eigenvalue weighted by Gasteiger charge is 2.25. The second-order valence-electron chi connectivity index (χ2n) is 5.36. The maximum atomic E-state index is 13.0. The summed E-state index contributed by atoms with van der Waals surface area (Å²) in [4.78, 5) is 14.7. The van der Waals surface area contributed by atoms with Crippen molar-refractivity contribution >= 4 is 51.9 Å². The normalized spacial score (nSPS) is 13.1. The summed E-state index contributed by atoms with van der Waals surface area (Å²) in [5.74, 6) is 0.885. The number of carbonyl (C=O) groups excluding carboxylic acids is 1. The smallest absolute Gasteiger partial charge is 0.206 e. The van der Waals surface area contributed by atoms with Crippen molar-refractivity contribution in [3.8, 4) is 5.75 Å². The van der Waals surface area contributed by atoms with E-state index in [1.54, 1.807) is 23.9 Å². The van der Waals surface area contributed by atoms with Crippen LogP contribution < -0.4 is 5.32 Å². The van der Waals surface area contributed by atoms with Crippen molar-refractivity contribution in [2.45, 2.75) is 10.6 Å². The number of hydrogen-bond acceptors (Lipinski definition) is 5. The minimum Gasteiger partial charge on any atom is -0.506 e. The Labute approximate surface area is 152 Å². The molecule has 2 N–H and O–H groups in total. The molecule has 0 saturated carbocycles. The third-order valence-corrected chi connectivity index (χ3v) is 6.11. The zero-order chi connectivity index (χ0) is 16.7. The van der Waals surface area contributed by atoms with Gasteiger partial charge in [-0.15, -0.1) is 23.1 Å². The Balaban J connectivity index is 1.82. The standard InChI is InChI=1S/C18H12ClNO2S2/c19-11-4-5-14(21)13(8-11)20-12-2-1-3-15-16(12)17(22)18-10(9-24-15)6-7-23-18/h1-8,20-21H,9H2. The summed E-state index contributed by atoms with van der Waals surface area (Å²) in [5.41, 5.74) is 2.86. The number of carbonyl (C=O) groups is 1. The van der Waals surface area contributed by atoms with E-state index in [2.05, 4.69) is 5.32 Å². The molecule has 24 heavy (non-hydrogen) atoms. The van der Waals surface area contributed by atoms with Crippen molar-refractivity contribution in [2.75, 3.05) is 5.32 Å². The number of ketones is 1. The molecule has 0 fully saturated rings. The largest absolute Gasteiger partial charge is 0.506 e. The summed E-state index contributed by atoms with van der Waals surface area (Å²) in [6, 6.07) is 12.5. The molecule has 2 aromatic carbocycles. The van der Waals surface area contributed by atoms with E-state index in [0.29, 0.717) is 22.0 Å². The average molecular weight is 374 g/mol. The maximum Gasteiger partial charge on any atom is 0.206 e. The van der Waals surface area contributed by atoms with Crippen molar-refractivity contribution < 1.29 is 9.90 Å². The molecule has 4 rings (SSSR count). The van der Waals surface area contributed by atoms with Gasteiger partial charge in [-0.05, 0) is 47.3 Å². The highest BCUT2D eigenvalue weighted by molar-refractivity contribution is 7.98. The van der Waals surface area contributed by atoms with E-state index in [1.165, 1.54) is 17.4 Å². The Kier molecular flexibility index (Phi) is 4.00. The molecule has 3 aromatic rings. The van der Waals surface area contributed by atoms with E-state index in [0.717, 1.165) is 21.1 Å². The molecular formula is C18H12ClNO2S2. The van der Waals surface area contributed by atoms with Crippen LogP contribution in [0.2, 0.25) is 5.02 Å². The summed E-state index contributed by atoms with van der Waals surface area (Å²) >= 11 is 9.13. The quantitative estimate of drug-likeness (QED) is 0.567. The fourth-order valence-electron chi connectivity index (χ4n) is 2.66. The molecule has 120 valence electrons. The van der Waals surface area contributed by atoms with Gasteiger partial charge in [0.25, 0.3) is 0 Å². The number of hydrogen-bond donors (Lipinski definition) is 2. The minimum atomic E-state index is 0.0182. The summed E-state index contributed by atoms with van der Waals surface area (Å²) in [6.07, 6.45) is 0. The van der Waals surface area contributed by atoms with Gasteiger partial charge < -0.3 is 10.4 Å². The summed E-state index contributed by atoms with van der Waals surface area (Å²) in [7, 11) is 0. The SMILES string of the molecule is O=C1c2sccc2CSc2cccc(Nc3cc(Cl)ccc3O)c21. The minimum absolute atomic E-state index is 0.0182. The highest BCUT2D eigenvalue weighted by Crippen LogP contribution is 2.40. The number of benzene rings is 2. The predicted molar refractivity (Wildman–Crippen MR) is 100 cm³/mol. The Morgan fingerprint density at radius 1 is 1.12 bits per heavy atom. The number of thioether (sulfide) groups is 1. The van der Waals surface area contributed by atoms with Crippen LogP contribution in [0.3, 0.4) is 0 Å². The average Bonchev–Trinajstić information content (AvgIpc) is 2.99. The predicted octanol–water partition coefficient (Wildman–Crippen LogP) is 5.69. The van der Waals surface area contributed by atoms with Gasteiger partial charge in [-0.25, -0.2) is 0 Å². The van der Waals surface area contributed by atoms with Crippen LogP contribution in [0.15, 0.2) is 52.7 Å². The van der Waals surface area contributed by atoms with Gasteiger partial charge in [0, 0.05) is 15.7 Å². The van der Waals surface area contributed by atoms with Crippen molar-refractivity contribution in [1.29, 1.82) is 0 Å². The molecule has 6 heteroatoms. The molecule has 2 heterocycles. The second kappa shape index (κ2) is 6.16. The Hall–Kier alpha value is -1.95.